The van der Waals surface area contributed by atoms with Crippen LogP contribution in [0.5, 0.6) is 0 Å². The number of morpholine rings is 1. The van der Waals surface area contributed by atoms with Gasteiger partial charge in [0.2, 0.25) is 0 Å². The maximum absolute atomic E-state index is 13.0. The predicted molar refractivity (Wildman–Crippen MR) is 124 cm³/mol. The van der Waals surface area contributed by atoms with E-state index in [1.165, 1.54) is 15.7 Å². The number of hydrogen-bond donors (Lipinski definition) is 2. The molecule has 5 rings (SSSR count). The summed E-state index contributed by atoms with van der Waals surface area (Å²) in [4.78, 5) is 40.8. The highest BCUT2D eigenvalue weighted by atomic mass is 16.6. The Morgan fingerprint density at radius 2 is 1.74 bits per heavy atom. The number of carbonyl (C=O) groups excluding carboxylic acids is 1. The summed E-state index contributed by atoms with van der Waals surface area (Å²) in [7, 11) is 0. The number of aryl methyl sites for hydroxylation is 1. The van der Waals surface area contributed by atoms with Gasteiger partial charge in [-0.15, -0.1) is 0 Å². The number of hydrogen-bond acceptors (Lipinski definition) is 6. The Bertz CT molecular complexity index is 1300. The molecule has 1 saturated heterocycles. The van der Waals surface area contributed by atoms with Gasteiger partial charge in [-0.25, -0.2) is 9.59 Å². The molecule has 176 valence electrons. The van der Waals surface area contributed by atoms with Crippen molar-refractivity contribution in [2.75, 3.05) is 26.3 Å². The van der Waals surface area contributed by atoms with Gasteiger partial charge in [0.1, 0.15) is 12.7 Å². The van der Waals surface area contributed by atoms with Crippen LogP contribution in [-0.2, 0) is 9.47 Å². The lowest BCUT2D eigenvalue weighted by Crippen LogP contribution is -2.51. The third-order valence-electron chi connectivity index (χ3n) is 6.40. The monoisotopic (exact) mass is 463 g/mol. The van der Waals surface area contributed by atoms with Gasteiger partial charge in [0.05, 0.1) is 19.7 Å². The molecule has 0 spiro atoms. The van der Waals surface area contributed by atoms with Gasteiger partial charge in [-0.3, -0.25) is 14.3 Å². The lowest BCUT2D eigenvalue weighted by atomic mass is 9.98. The van der Waals surface area contributed by atoms with Crippen molar-refractivity contribution < 1.29 is 19.4 Å². The second-order valence-corrected chi connectivity index (χ2v) is 8.58. The highest BCUT2D eigenvalue weighted by Gasteiger charge is 2.34. The number of aliphatic hydroxyl groups is 1. The van der Waals surface area contributed by atoms with E-state index in [9.17, 15) is 19.5 Å². The number of ether oxygens (including phenoxy) is 2. The average molecular weight is 463 g/mol. The van der Waals surface area contributed by atoms with E-state index in [4.69, 9.17) is 9.47 Å². The number of amides is 1. The molecule has 1 fully saturated rings. The standard InChI is InChI=1S/C25H25N3O6/c1-15-10-28(24(31)26-23(15)30)22-12-27(11-16(13-29)34-22)25(32)33-14-21-19-8-4-2-6-17(19)18-7-3-5-9-20(18)21/h2-10,16,21-22,29H,11-14H2,1H3,(H,26,30,31)/t16-,22+/m0/s1. The minimum atomic E-state index is -0.866. The Balaban J connectivity index is 1.34. The fourth-order valence-corrected chi connectivity index (χ4v) is 4.71. The minimum absolute atomic E-state index is 0.0402. The molecule has 0 bridgehead atoms. The van der Waals surface area contributed by atoms with Crippen molar-refractivity contribution in [1.29, 1.82) is 0 Å². The quantitative estimate of drug-likeness (QED) is 0.612. The Hall–Kier alpha value is -3.69. The van der Waals surface area contributed by atoms with Gasteiger partial charge in [-0.1, -0.05) is 48.5 Å². The highest BCUT2D eigenvalue weighted by molar-refractivity contribution is 5.79. The van der Waals surface area contributed by atoms with E-state index >= 15 is 0 Å². The smallest absolute Gasteiger partial charge is 0.410 e. The zero-order valence-corrected chi connectivity index (χ0v) is 18.6. The van der Waals surface area contributed by atoms with Gasteiger partial charge in [-0.2, -0.15) is 0 Å². The van der Waals surface area contributed by atoms with Crippen LogP contribution >= 0.6 is 0 Å². The third-order valence-corrected chi connectivity index (χ3v) is 6.40. The number of aromatic amines is 1. The summed E-state index contributed by atoms with van der Waals surface area (Å²) in [6.45, 7) is 1.57. The van der Waals surface area contributed by atoms with E-state index in [-0.39, 0.29) is 32.2 Å². The summed E-state index contributed by atoms with van der Waals surface area (Å²) >= 11 is 0. The summed E-state index contributed by atoms with van der Waals surface area (Å²) in [6.07, 6.45) is -0.725. The van der Waals surface area contributed by atoms with Crippen LogP contribution in [0.3, 0.4) is 0 Å². The first-order chi connectivity index (χ1) is 16.5. The van der Waals surface area contributed by atoms with E-state index < -0.39 is 29.7 Å². The van der Waals surface area contributed by atoms with Crippen LogP contribution in [-0.4, -0.2) is 58.1 Å². The molecule has 1 amide bonds. The molecular weight excluding hydrogens is 438 g/mol. The SMILES string of the molecule is Cc1cn([C@H]2CN(C(=O)OCC3c4ccccc4-c4ccccc43)C[C@@H](CO)O2)c(=O)[nH]c1=O. The zero-order chi connectivity index (χ0) is 23.8. The van der Waals surface area contributed by atoms with Crippen molar-refractivity contribution in [3.63, 3.8) is 0 Å². The van der Waals surface area contributed by atoms with Gasteiger partial charge in [0.25, 0.3) is 5.56 Å². The van der Waals surface area contributed by atoms with Gasteiger partial charge >= 0.3 is 11.8 Å². The van der Waals surface area contributed by atoms with Crippen molar-refractivity contribution in [2.24, 2.45) is 0 Å². The topological polar surface area (TPSA) is 114 Å². The summed E-state index contributed by atoms with van der Waals surface area (Å²) in [6, 6.07) is 16.2. The van der Waals surface area contributed by atoms with E-state index in [1.54, 1.807) is 6.92 Å². The summed E-state index contributed by atoms with van der Waals surface area (Å²) in [5.41, 5.74) is 3.70. The lowest BCUT2D eigenvalue weighted by Gasteiger charge is -2.37. The fourth-order valence-electron chi connectivity index (χ4n) is 4.71. The van der Waals surface area contributed by atoms with Crippen molar-refractivity contribution in [1.82, 2.24) is 14.5 Å². The number of fused-ring (bicyclic) bond motifs is 3. The van der Waals surface area contributed by atoms with Crippen LogP contribution in [0.4, 0.5) is 4.79 Å². The van der Waals surface area contributed by atoms with E-state index in [2.05, 4.69) is 17.1 Å². The number of rotatable bonds is 4. The fraction of sp³-hybridized carbons (Fsp3) is 0.320. The van der Waals surface area contributed by atoms with Crippen LogP contribution in [0, 0.1) is 6.92 Å². The van der Waals surface area contributed by atoms with Crippen LogP contribution < -0.4 is 11.2 Å². The van der Waals surface area contributed by atoms with Crippen LogP contribution in [0.25, 0.3) is 11.1 Å². The molecule has 34 heavy (non-hydrogen) atoms. The van der Waals surface area contributed by atoms with Crippen molar-refractivity contribution in [3.05, 3.63) is 92.3 Å². The Labute approximate surface area is 195 Å². The Morgan fingerprint density at radius 3 is 2.38 bits per heavy atom. The summed E-state index contributed by atoms with van der Waals surface area (Å²) < 4.78 is 12.7. The van der Waals surface area contributed by atoms with Gasteiger partial charge in [0.15, 0.2) is 6.23 Å². The second kappa shape index (κ2) is 8.92. The van der Waals surface area contributed by atoms with Crippen molar-refractivity contribution in [3.8, 4) is 11.1 Å². The molecule has 0 unspecified atom stereocenters. The lowest BCUT2D eigenvalue weighted by molar-refractivity contribution is -0.130. The van der Waals surface area contributed by atoms with E-state index in [0.29, 0.717) is 5.56 Å². The first kappa shape index (κ1) is 22.1. The number of benzene rings is 2. The summed E-state index contributed by atoms with van der Waals surface area (Å²) in [5.74, 6) is -0.0775. The van der Waals surface area contributed by atoms with Gasteiger partial charge < -0.3 is 19.5 Å². The molecule has 2 heterocycles. The highest BCUT2D eigenvalue weighted by Crippen LogP contribution is 2.44. The van der Waals surface area contributed by atoms with E-state index in [0.717, 1.165) is 22.3 Å². The van der Waals surface area contributed by atoms with E-state index in [1.807, 2.05) is 36.4 Å². The normalized spacial score (nSPS) is 19.5. The molecule has 0 saturated carbocycles. The number of aliphatic hydroxyl groups excluding tert-OH is 1. The van der Waals surface area contributed by atoms with Crippen LogP contribution in [0.1, 0.15) is 28.8 Å². The Kier molecular flexibility index (Phi) is 5.80. The molecule has 2 aromatic carbocycles. The molecule has 1 aliphatic heterocycles. The predicted octanol–water partition coefficient (Wildman–Crippen LogP) is 1.99. The second-order valence-electron chi connectivity index (χ2n) is 8.58. The van der Waals surface area contributed by atoms with Crippen LogP contribution in [0.2, 0.25) is 0 Å². The Morgan fingerprint density at radius 1 is 1.09 bits per heavy atom. The molecule has 2 aliphatic rings. The maximum atomic E-state index is 13.0. The first-order valence-electron chi connectivity index (χ1n) is 11.1. The molecule has 2 atom stereocenters. The molecule has 9 heteroatoms. The minimum Gasteiger partial charge on any atom is -0.448 e. The molecule has 9 nitrogen and oxygen atoms in total. The first-order valence-corrected chi connectivity index (χ1v) is 11.1. The third kappa shape index (κ3) is 3.93. The number of H-pyrrole nitrogens is 1. The number of aromatic nitrogens is 2. The van der Waals surface area contributed by atoms with Gasteiger partial charge in [-0.05, 0) is 29.2 Å². The molecular formula is C25H25N3O6. The molecule has 3 aromatic rings. The zero-order valence-electron chi connectivity index (χ0n) is 18.6. The molecule has 0 radical (unpaired) electrons. The largest absolute Gasteiger partial charge is 0.448 e. The van der Waals surface area contributed by atoms with Crippen molar-refractivity contribution in [2.45, 2.75) is 25.2 Å². The van der Waals surface area contributed by atoms with Crippen molar-refractivity contribution >= 4 is 6.09 Å². The molecule has 2 N–H and O–H groups in total. The molecule has 1 aliphatic carbocycles. The summed E-state index contributed by atoms with van der Waals surface area (Å²) in [5, 5.41) is 9.70. The molecule has 1 aromatic heterocycles. The van der Waals surface area contributed by atoms with Crippen LogP contribution in [0.15, 0.2) is 64.3 Å². The number of nitrogens with zero attached hydrogens (tertiary/aromatic N) is 2. The van der Waals surface area contributed by atoms with Gasteiger partial charge in [0, 0.05) is 17.7 Å². The maximum Gasteiger partial charge on any atom is 0.410 e. The average Bonchev–Trinajstić information content (AvgIpc) is 3.18. The number of nitrogens with one attached hydrogen (secondary N) is 1. The number of carbonyl (C=O) groups is 1.